The second-order valence-electron chi connectivity index (χ2n) is 9.51. The standard InChI is InChI=1S/C26H31F3IN4OP/c1-36(2,35)22-10-8-20(9-11-22)31-24-17-30-16-23(26(27,28)29)25(33-24)32-21-12-14-34(15-13-21)18-19-6-4-3-5-7-19/h3-11,21,23,31H,12-16,18H2,1-2H3,(H,32,33). The van der Waals surface area contributed by atoms with E-state index < -0.39 is 40.0 Å². The predicted octanol–water partition coefficient (Wildman–Crippen LogP) is 5.40. The van der Waals surface area contributed by atoms with Crippen LogP contribution in [0.5, 0.6) is 0 Å². The second-order valence-corrected chi connectivity index (χ2v) is 14.9. The van der Waals surface area contributed by atoms with Gasteiger partial charge in [0.2, 0.25) is 0 Å². The van der Waals surface area contributed by atoms with Gasteiger partial charge in [-0.25, -0.2) is 0 Å². The molecule has 2 N–H and O–H groups in total. The molecule has 2 aromatic rings. The van der Waals surface area contributed by atoms with Crippen molar-refractivity contribution in [3.8, 4) is 0 Å². The molecule has 4 rings (SSSR count). The summed E-state index contributed by atoms with van der Waals surface area (Å²) in [5.41, 5.74) is 1.93. The monoisotopic (exact) mass is 630 g/mol. The van der Waals surface area contributed by atoms with Crippen molar-refractivity contribution in [3.05, 3.63) is 66.0 Å². The molecular formula is C26H31F3IN4OP. The van der Waals surface area contributed by atoms with Crippen molar-refractivity contribution >= 4 is 48.4 Å². The van der Waals surface area contributed by atoms with Crippen LogP contribution in [0.3, 0.4) is 0 Å². The van der Waals surface area contributed by atoms with Crippen LogP contribution in [-0.4, -0.2) is 57.5 Å². The highest BCUT2D eigenvalue weighted by Crippen LogP contribution is 2.35. The van der Waals surface area contributed by atoms with Crippen LogP contribution in [0.15, 0.2) is 65.4 Å². The zero-order valence-corrected chi connectivity index (χ0v) is 23.4. The van der Waals surface area contributed by atoms with Crippen LogP contribution in [0.4, 0.5) is 18.9 Å². The van der Waals surface area contributed by atoms with Gasteiger partial charge < -0.3 is 15.2 Å². The van der Waals surface area contributed by atoms with E-state index in [1.165, 1.54) is 5.56 Å². The molecule has 0 aromatic heterocycles. The molecule has 2 aromatic carbocycles. The van der Waals surface area contributed by atoms with Gasteiger partial charge in [-0.1, -0.05) is 51.1 Å². The van der Waals surface area contributed by atoms with Crippen molar-refractivity contribution in [2.75, 3.05) is 36.2 Å². The minimum absolute atomic E-state index is 0.0139. The highest BCUT2D eigenvalue weighted by molar-refractivity contribution is 14.2. The van der Waals surface area contributed by atoms with Crippen LogP contribution in [0.2, 0.25) is 0 Å². The Morgan fingerprint density at radius 1 is 1.11 bits per heavy atom. The summed E-state index contributed by atoms with van der Waals surface area (Å²) in [6.45, 7) is 5.86. The number of aliphatic imine (C=N–C) groups is 1. The third-order valence-electron chi connectivity index (χ3n) is 6.26. The Bertz CT molecular complexity index is 1180. The third kappa shape index (κ3) is 7.54. The minimum atomic E-state index is -4.36. The van der Waals surface area contributed by atoms with Crippen LogP contribution >= 0.6 is 27.9 Å². The number of piperidine rings is 1. The lowest BCUT2D eigenvalue weighted by molar-refractivity contribution is -0.149. The number of nitrogens with one attached hydrogen (secondary N) is 2. The molecule has 0 bridgehead atoms. The second kappa shape index (κ2) is 11.6. The van der Waals surface area contributed by atoms with E-state index in [4.69, 9.17) is 0 Å². The van der Waals surface area contributed by atoms with Crippen molar-refractivity contribution in [2.45, 2.75) is 31.6 Å². The van der Waals surface area contributed by atoms with Gasteiger partial charge in [0.15, 0.2) is 5.82 Å². The van der Waals surface area contributed by atoms with Gasteiger partial charge in [-0.05, 0) is 59.7 Å². The molecule has 36 heavy (non-hydrogen) atoms. The quantitative estimate of drug-likeness (QED) is 0.255. The molecule has 0 saturated carbocycles. The SMILES string of the molecule is CP(C)(=O)c1ccc(NC2=C=ICC(C(F)(F)F)C(=NC3CCN(Cc4ccccc4)CC3)N2)cc1. The molecule has 1 atom stereocenters. The third-order valence-corrected chi connectivity index (χ3v) is 10.0. The number of nitrogens with zero attached hydrogens (tertiary/aromatic N) is 2. The lowest BCUT2D eigenvalue weighted by Gasteiger charge is -2.31. The summed E-state index contributed by atoms with van der Waals surface area (Å²) in [6, 6.07) is 17.2. The Morgan fingerprint density at radius 2 is 1.78 bits per heavy atom. The highest BCUT2D eigenvalue weighted by Gasteiger charge is 2.44. The lowest BCUT2D eigenvalue weighted by atomic mass is 10.0. The summed E-state index contributed by atoms with van der Waals surface area (Å²) in [7, 11) is -2.38. The molecule has 2 aliphatic rings. The number of rotatable bonds is 6. The van der Waals surface area contributed by atoms with Crippen molar-refractivity contribution in [3.63, 3.8) is 0 Å². The van der Waals surface area contributed by atoms with Crippen LogP contribution in [0.1, 0.15) is 18.4 Å². The average Bonchev–Trinajstić information content (AvgIpc) is 3.03. The fraction of sp³-hybridized carbons (Fsp3) is 0.423. The van der Waals surface area contributed by atoms with E-state index in [9.17, 15) is 17.7 Å². The summed E-state index contributed by atoms with van der Waals surface area (Å²) < 4.78 is 57.3. The number of halogens is 4. The number of benzene rings is 2. The molecule has 1 fully saturated rings. The predicted molar refractivity (Wildman–Crippen MR) is 151 cm³/mol. The number of hydrogen-bond donors (Lipinski definition) is 2. The summed E-state index contributed by atoms with van der Waals surface area (Å²) in [6.07, 6.45) is -2.91. The van der Waals surface area contributed by atoms with Gasteiger partial charge in [0, 0.05) is 35.1 Å². The molecule has 0 radical (unpaired) electrons. The van der Waals surface area contributed by atoms with Gasteiger partial charge in [0.1, 0.15) is 18.9 Å². The van der Waals surface area contributed by atoms with Crippen LogP contribution < -0.4 is 15.9 Å². The molecular weight excluding hydrogens is 599 g/mol. The molecule has 10 heteroatoms. The summed E-state index contributed by atoms with van der Waals surface area (Å²) in [4.78, 5) is 6.95. The van der Waals surface area contributed by atoms with Gasteiger partial charge >= 0.3 is 6.18 Å². The minimum Gasteiger partial charge on any atom is -0.335 e. The topological polar surface area (TPSA) is 56.7 Å². The number of hydrogen-bond acceptors (Lipinski definition) is 4. The van der Waals surface area contributed by atoms with Gasteiger partial charge in [0.25, 0.3) is 0 Å². The molecule has 1 saturated heterocycles. The summed E-state index contributed by atoms with van der Waals surface area (Å²) in [5, 5.41) is 6.85. The summed E-state index contributed by atoms with van der Waals surface area (Å²) in [5.74, 6) is -1.20. The lowest BCUT2D eigenvalue weighted by Crippen LogP contribution is -2.43. The maximum atomic E-state index is 13.9. The van der Waals surface area contributed by atoms with E-state index in [0.29, 0.717) is 11.5 Å². The van der Waals surface area contributed by atoms with Crippen LogP contribution in [0.25, 0.3) is 0 Å². The molecule has 194 valence electrons. The molecule has 0 spiro atoms. The average molecular weight is 630 g/mol. The van der Waals surface area contributed by atoms with E-state index in [2.05, 4.69) is 36.3 Å². The first-order valence-corrected chi connectivity index (χ1v) is 17.1. The van der Waals surface area contributed by atoms with Crippen molar-refractivity contribution < 1.29 is 17.7 Å². The first kappa shape index (κ1) is 27.1. The molecule has 0 amide bonds. The van der Waals surface area contributed by atoms with Gasteiger partial charge in [-0.2, -0.15) is 13.2 Å². The van der Waals surface area contributed by atoms with E-state index >= 15 is 0 Å². The number of alkyl halides is 4. The highest BCUT2D eigenvalue weighted by atomic mass is 127. The Balaban J connectivity index is 1.45. The first-order valence-electron chi connectivity index (χ1n) is 11.9. The fourth-order valence-corrected chi connectivity index (χ4v) is 7.30. The Hall–Kier alpha value is -1.93. The molecule has 2 aliphatic heterocycles. The van der Waals surface area contributed by atoms with Gasteiger partial charge in [-0.3, -0.25) is 9.89 Å². The number of anilines is 1. The van der Waals surface area contributed by atoms with Crippen LogP contribution in [-0.2, 0) is 11.1 Å². The van der Waals surface area contributed by atoms with E-state index in [1.54, 1.807) is 37.6 Å². The van der Waals surface area contributed by atoms with Crippen LogP contribution in [0, 0.1) is 5.92 Å². The first-order chi connectivity index (χ1) is 17.1. The van der Waals surface area contributed by atoms with Gasteiger partial charge in [-0.15, -0.1) is 0 Å². The fourth-order valence-electron chi connectivity index (χ4n) is 4.21. The Morgan fingerprint density at radius 3 is 2.39 bits per heavy atom. The van der Waals surface area contributed by atoms with E-state index in [1.807, 2.05) is 18.2 Å². The molecule has 1 unspecified atom stereocenters. The van der Waals surface area contributed by atoms with Crippen molar-refractivity contribution in [1.29, 1.82) is 0 Å². The molecule has 5 nitrogen and oxygen atoms in total. The van der Waals surface area contributed by atoms with Crippen molar-refractivity contribution in [1.82, 2.24) is 10.2 Å². The number of likely N-dealkylation sites (tertiary alicyclic amines) is 1. The largest absolute Gasteiger partial charge is 0.399 e. The maximum absolute atomic E-state index is 13.9. The molecule has 2 heterocycles. The zero-order valence-electron chi connectivity index (χ0n) is 20.4. The normalized spacial score (nSPS) is 21.3. The number of amidine groups is 1. The Kier molecular flexibility index (Phi) is 8.76. The molecule has 0 aliphatic carbocycles. The van der Waals surface area contributed by atoms with E-state index in [-0.39, 0.29) is 16.3 Å². The Labute approximate surface area is 220 Å². The smallest absolute Gasteiger partial charge is 0.335 e. The van der Waals surface area contributed by atoms with Crippen molar-refractivity contribution in [2.24, 2.45) is 10.9 Å². The van der Waals surface area contributed by atoms with Gasteiger partial charge in [0.05, 0.1) is 6.04 Å². The maximum Gasteiger partial charge on any atom is 0.399 e. The zero-order chi connectivity index (χ0) is 25.8. The summed E-state index contributed by atoms with van der Waals surface area (Å²) >= 11 is -0.937. The van der Waals surface area contributed by atoms with E-state index in [0.717, 1.165) is 37.8 Å².